The Morgan fingerprint density at radius 1 is 1.17 bits per heavy atom. The van der Waals surface area contributed by atoms with E-state index < -0.39 is 12.6 Å². The fraction of sp³-hybridized carbons (Fsp3) is 0.562. The van der Waals surface area contributed by atoms with Gasteiger partial charge in [-0.3, -0.25) is 9.89 Å². The van der Waals surface area contributed by atoms with Crippen molar-refractivity contribution in [2.24, 2.45) is 4.99 Å². The Bertz CT molecular complexity index is 534. The molecule has 0 aliphatic carbocycles. The molecule has 4 nitrogen and oxygen atoms in total. The first-order valence-electron chi connectivity index (χ1n) is 7.78. The normalized spacial score (nSPS) is 15.4. The highest BCUT2D eigenvalue weighted by Gasteiger charge is 2.26. The van der Waals surface area contributed by atoms with Gasteiger partial charge in [-0.25, -0.2) is 0 Å². The Labute approximate surface area is 157 Å². The minimum Gasteiger partial charge on any atom is -0.356 e. The number of alkyl halides is 3. The third kappa shape index (κ3) is 7.25. The molecule has 0 radical (unpaired) electrons. The van der Waals surface area contributed by atoms with E-state index in [1.807, 2.05) is 6.07 Å². The predicted molar refractivity (Wildman–Crippen MR) is 101 cm³/mol. The number of guanidine groups is 1. The van der Waals surface area contributed by atoms with Crippen molar-refractivity contribution in [1.82, 2.24) is 15.5 Å². The predicted octanol–water partition coefficient (Wildman–Crippen LogP) is 2.78. The second-order valence-corrected chi connectivity index (χ2v) is 5.59. The summed E-state index contributed by atoms with van der Waals surface area (Å²) in [5.41, 5.74) is 2.76. The highest BCUT2D eigenvalue weighted by Crippen LogP contribution is 2.18. The second kappa shape index (κ2) is 10.1. The molecule has 0 fully saturated rings. The fourth-order valence-electron chi connectivity index (χ4n) is 2.62. The molecule has 0 atom stereocenters. The number of nitrogens with zero attached hydrogens (tertiary/aromatic N) is 2. The largest absolute Gasteiger partial charge is 0.390 e. The summed E-state index contributed by atoms with van der Waals surface area (Å²) >= 11 is 0. The van der Waals surface area contributed by atoms with Gasteiger partial charge in [0.1, 0.15) is 0 Å². The van der Waals surface area contributed by atoms with Crippen LogP contribution in [0.2, 0.25) is 0 Å². The van der Waals surface area contributed by atoms with Crippen molar-refractivity contribution in [3.05, 3.63) is 35.4 Å². The zero-order chi connectivity index (χ0) is 16.7. The zero-order valence-electron chi connectivity index (χ0n) is 13.7. The van der Waals surface area contributed by atoms with Crippen LogP contribution in [0.15, 0.2) is 29.3 Å². The van der Waals surface area contributed by atoms with Gasteiger partial charge in [-0.05, 0) is 17.5 Å². The monoisotopic (exact) mass is 456 g/mol. The number of benzene rings is 1. The van der Waals surface area contributed by atoms with Crippen molar-refractivity contribution in [2.75, 3.05) is 33.2 Å². The van der Waals surface area contributed by atoms with E-state index in [1.165, 1.54) is 11.1 Å². The lowest BCUT2D eigenvalue weighted by Crippen LogP contribution is -2.43. The van der Waals surface area contributed by atoms with Crippen LogP contribution in [0.3, 0.4) is 0 Å². The molecule has 0 amide bonds. The van der Waals surface area contributed by atoms with Crippen LogP contribution in [-0.4, -0.2) is 50.3 Å². The number of fused-ring (bicyclic) bond motifs is 1. The number of halogens is 4. The van der Waals surface area contributed by atoms with E-state index in [2.05, 4.69) is 38.7 Å². The second-order valence-electron chi connectivity index (χ2n) is 5.59. The Morgan fingerprint density at radius 3 is 2.50 bits per heavy atom. The topological polar surface area (TPSA) is 39.7 Å². The lowest BCUT2D eigenvalue weighted by Gasteiger charge is -2.28. The number of rotatable bonds is 5. The van der Waals surface area contributed by atoms with Gasteiger partial charge in [0.05, 0.1) is 6.42 Å². The zero-order valence-corrected chi connectivity index (χ0v) is 16.0. The molecule has 24 heavy (non-hydrogen) atoms. The van der Waals surface area contributed by atoms with Crippen LogP contribution in [0.5, 0.6) is 0 Å². The van der Waals surface area contributed by atoms with Gasteiger partial charge in [0.2, 0.25) is 0 Å². The summed E-state index contributed by atoms with van der Waals surface area (Å²) in [5, 5.41) is 5.74. The van der Waals surface area contributed by atoms with Crippen LogP contribution in [0.4, 0.5) is 13.2 Å². The average molecular weight is 456 g/mol. The van der Waals surface area contributed by atoms with Crippen LogP contribution in [0.1, 0.15) is 17.5 Å². The van der Waals surface area contributed by atoms with Crippen LogP contribution < -0.4 is 10.6 Å². The molecule has 0 saturated heterocycles. The SMILES string of the molecule is CN=C(NCCN1CCc2ccccc2C1)NCCC(F)(F)F.I. The van der Waals surface area contributed by atoms with E-state index in [0.29, 0.717) is 12.5 Å². The van der Waals surface area contributed by atoms with Crippen molar-refractivity contribution >= 4 is 29.9 Å². The van der Waals surface area contributed by atoms with Crippen LogP contribution in [-0.2, 0) is 13.0 Å². The van der Waals surface area contributed by atoms with Gasteiger partial charge in [0.25, 0.3) is 0 Å². The van der Waals surface area contributed by atoms with Crippen LogP contribution in [0, 0.1) is 0 Å². The molecule has 136 valence electrons. The van der Waals surface area contributed by atoms with E-state index >= 15 is 0 Å². The van der Waals surface area contributed by atoms with Gasteiger partial charge in [-0.1, -0.05) is 24.3 Å². The van der Waals surface area contributed by atoms with Gasteiger partial charge < -0.3 is 10.6 Å². The quantitative estimate of drug-likeness (QED) is 0.407. The lowest BCUT2D eigenvalue weighted by molar-refractivity contribution is -0.132. The maximum absolute atomic E-state index is 12.1. The molecule has 1 heterocycles. The molecule has 1 aromatic carbocycles. The standard InChI is InChI=1S/C16H23F3N4.HI/c1-20-15(21-8-7-16(17,18)19)22-9-11-23-10-6-13-4-2-3-5-14(13)12-23;/h2-5H,6-12H2,1H3,(H2,20,21,22);1H. The molecule has 0 saturated carbocycles. The van der Waals surface area contributed by atoms with Gasteiger partial charge >= 0.3 is 6.18 Å². The smallest absolute Gasteiger partial charge is 0.356 e. The molecular weight excluding hydrogens is 432 g/mol. The summed E-state index contributed by atoms with van der Waals surface area (Å²) < 4.78 is 36.4. The minimum atomic E-state index is -4.15. The summed E-state index contributed by atoms with van der Waals surface area (Å²) in [4.78, 5) is 6.27. The summed E-state index contributed by atoms with van der Waals surface area (Å²) in [5.74, 6) is 0.409. The number of aliphatic imine (C=N–C) groups is 1. The van der Waals surface area contributed by atoms with Gasteiger partial charge in [0, 0.05) is 39.8 Å². The molecule has 1 aromatic rings. The molecular formula is C16H24F3IN4. The first-order chi connectivity index (χ1) is 11.0. The highest BCUT2D eigenvalue weighted by atomic mass is 127. The first-order valence-corrected chi connectivity index (χ1v) is 7.78. The highest BCUT2D eigenvalue weighted by molar-refractivity contribution is 14.0. The maximum Gasteiger partial charge on any atom is 0.390 e. The van der Waals surface area contributed by atoms with Crippen LogP contribution in [0.25, 0.3) is 0 Å². The molecule has 0 unspecified atom stereocenters. The van der Waals surface area contributed by atoms with Gasteiger partial charge in [-0.2, -0.15) is 13.2 Å². The lowest BCUT2D eigenvalue weighted by atomic mass is 10.00. The molecule has 1 aliphatic heterocycles. The molecule has 0 aromatic heterocycles. The van der Waals surface area contributed by atoms with E-state index in [4.69, 9.17) is 0 Å². The van der Waals surface area contributed by atoms with E-state index in [0.717, 1.165) is 26.1 Å². The fourth-order valence-corrected chi connectivity index (χ4v) is 2.62. The Balaban J connectivity index is 0.00000288. The number of hydrogen-bond acceptors (Lipinski definition) is 2. The molecule has 0 bridgehead atoms. The summed E-state index contributed by atoms with van der Waals surface area (Å²) in [6, 6.07) is 8.42. The van der Waals surface area contributed by atoms with Gasteiger partial charge in [0.15, 0.2) is 5.96 Å². The minimum absolute atomic E-state index is 0. The van der Waals surface area contributed by atoms with E-state index in [-0.39, 0.29) is 30.5 Å². The van der Waals surface area contributed by atoms with Crippen LogP contribution >= 0.6 is 24.0 Å². The number of nitrogens with one attached hydrogen (secondary N) is 2. The summed E-state index contributed by atoms with van der Waals surface area (Å²) in [6.07, 6.45) is -3.97. The third-order valence-electron chi connectivity index (χ3n) is 3.85. The molecule has 2 N–H and O–H groups in total. The van der Waals surface area contributed by atoms with Crippen molar-refractivity contribution < 1.29 is 13.2 Å². The number of hydrogen-bond donors (Lipinski definition) is 2. The van der Waals surface area contributed by atoms with E-state index in [1.54, 1.807) is 7.05 Å². The van der Waals surface area contributed by atoms with Crippen molar-refractivity contribution in [3.8, 4) is 0 Å². The molecule has 0 spiro atoms. The average Bonchev–Trinajstić information content (AvgIpc) is 2.52. The van der Waals surface area contributed by atoms with Crippen molar-refractivity contribution in [2.45, 2.75) is 25.6 Å². The first kappa shape index (κ1) is 21.0. The Morgan fingerprint density at radius 2 is 1.83 bits per heavy atom. The molecule has 2 rings (SSSR count). The van der Waals surface area contributed by atoms with Crippen molar-refractivity contribution in [1.29, 1.82) is 0 Å². The maximum atomic E-state index is 12.1. The molecule has 1 aliphatic rings. The summed E-state index contributed by atoms with van der Waals surface area (Å²) in [7, 11) is 1.56. The van der Waals surface area contributed by atoms with Crippen molar-refractivity contribution in [3.63, 3.8) is 0 Å². The van der Waals surface area contributed by atoms with E-state index in [9.17, 15) is 13.2 Å². The Hall–Kier alpha value is -1.03. The molecule has 8 heteroatoms. The van der Waals surface area contributed by atoms with Gasteiger partial charge in [-0.15, -0.1) is 24.0 Å². The summed E-state index contributed by atoms with van der Waals surface area (Å²) in [6.45, 7) is 3.22. The third-order valence-corrected chi connectivity index (χ3v) is 3.85. The Kier molecular flexibility index (Phi) is 8.82.